The molecule has 0 bridgehead atoms. The number of hydrogen-bond acceptors (Lipinski definition) is 1. The lowest BCUT2D eigenvalue weighted by molar-refractivity contribution is 0.116. The fourth-order valence-corrected chi connectivity index (χ4v) is 1.51. The van der Waals surface area contributed by atoms with Gasteiger partial charge in [-0.3, -0.25) is 0 Å². The Hall–Kier alpha value is 0.290. The van der Waals surface area contributed by atoms with Gasteiger partial charge in [-0.05, 0) is 49.6 Å². The van der Waals surface area contributed by atoms with E-state index in [1.54, 1.807) is 18.2 Å². The molecule has 0 spiro atoms. The van der Waals surface area contributed by atoms with Crippen LogP contribution in [0.3, 0.4) is 0 Å². The molecule has 0 fully saturated rings. The number of nitrogens with two attached hydrogens (primary N) is 1. The van der Waals surface area contributed by atoms with Crippen molar-refractivity contribution in [3.8, 4) is 0 Å². The summed E-state index contributed by atoms with van der Waals surface area (Å²) in [6, 6.07) is 3.62. The summed E-state index contributed by atoms with van der Waals surface area (Å²) in [6.45, 7) is 0. The third-order valence-corrected chi connectivity index (χ3v) is 3.48. The van der Waals surface area contributed by atoms with E-state index in [9.17, 15) is 8.78 Å². The summed E-state index contributed by atoms with van der Waals surface area (Å²) in [6.07, 6.45) is -2.53. The third-order valence-electron chi connectivity index (χ3n) is 1.60. The molecule has 2 N–H and O–H groups in total. The molecule has 0 heterocycles. The van der Waals surface area contributed by atoms with Gasteiger partial charge in [-0.2, -0.15) is 0 Å². The van der Waals surface area contributed by atoms with Gasteiger partial charge in [0.2, 0.25) is 0 Å². The second-order valence-corrected chi connectivity index (χ2v) is 4.24. The quantitative estimate of drug-likeness (QED) is 0.859. The number of halogens is 5. The number of alkyl halides is 2. The Kier molecular flexibility index (Phi) is 6.12. The maximum atomic E-state index is 12.2. The highest BCUT2D eigenvalue weighted by Crippen LogP contribution is 2.27. The molecule has 1 aromatic rings. The van der Waals surface area contributed by atoms with Gasteiger partial charge in [0.05, 0.1) is 6.04 Å². The van der Waals surface area contributed by atoms with Gasteiger partial charge in [-0.1, -0.05) is 6.07 Å². The van der Waals surface area contributed by atoms with E-state index in [0.717, 1.165) is 8.95 Å². The van der Waals surface area contributed by atoms with Crippen molar-refractivity contribution in [2.45, 2.75) is 12.5 Å². The minimum atomic E-state index is -2.53. The third kappa shape index (κ3) is 3.46. The first-order chi connectivity index (χ1) is 6.02. The van der Waals surface area contributed by atoms with Crippen LogP contribution in [0.4, 0.5) is 8.78 Å². The molecule has 1 atom stereocenters. The largest absolute Gasteiger partial charge is 0.319 e. The predicted octanol–water partition coefficient (Wildman–Crippen LogP) is 3.90. The second kappa shape index (κ2) is 6.00. The van der Waals surface area contributed by atoms with Crippen molar-refractivity contribution in [1.82, 2.24) is 0 Å². The number of benzene rings is 1. The monoisotopic (exact) mass is 349 g/mol. The molecule has 6 heteroatoms. The van der Waals surface area contributed by atoms with E-state index in [0.29, 0.717) is 5.56 Å². The Balaban J connectivity index is 0.00000169. The van der Waals surface area contributed by atoms with Gasteiger partial charge in [0.1, 0.15) is 0 Å². The lowest BCUT2D eigenvalue weighted by atomic mass is 10.1. The number of hydrogen-bond donors (Lipinski definition) is 1. The standard InChI is InChI=1S/C8H7Br2F2N.ClH/c9-5-2-1-4(3-6(5)10)7(13)8(11)12;/h1-3,7-8H,13H2;1H/t7-;/m0./s1. The van der Waals surface area contributed by atoms with Crippen molar-refractivity contribution in [3.05, 3.63) is 32.7 Å². The van der Waals surface area contributed by atoms with Crippen molar-refractivity contribution < 1.29 is 8.78 Å². The second-order valence-electron chi connectivity index (χ2n) is 2.53. The van der Waals surface area contributed by atoms with E-state index in [1.807, 2.05) is 0 Å². The summed E-state index contributed by atoms with van der Waals surface area (Å²) in [5, 5.41) is 0. The summed E-state index contributed by atoms with van der Waals surface area (Å²) in [5.41, 5.74) is 5.69. The highest BCUT2D eigenvalue weighted by molar-refractivity contribution is 9.13. The lowest BCUT2D eigenvalue weighted by Gasteiger charge is -2.11. The molecule has 0 aliphatic carbocycles. The van der Waals surface area contributed by atoms with E-state index in [4.69, 9.17) is 5.73 Å². The molecule has 0 aliphatic heterocycles. The van der Waals surface area contributed by atoms with Gasteiger partial charge in [0, 0.05) is 8.95 Å². The van der Waals surface area contributed by atoms with Gasteiger partial charge in [0.15, 0.2) is 0 Å². The summed E-state index contributed by atoms with van der Waals surface area (Å²) in [7, 11) is 0. The van der Waals surface area contributed by atoms with Gasteiger partial charge in [0.25, 0.3) is 6.43 Å². The topological polar surface area (TPSA) is 26.0 Å². The van der Waals surface area contributed by atoms with Crippen molar-refractivity contribution >= 4 is 44.3 Å². The lowest BCUT2D eigenvalue weighted by Crippen LogP contribution is -2.18. The first-order valence-electron chi connectivity index (χ1n) is 3.51. The molecule has 14 heavy (non-hydrogen) atoms. The average Bonchev–Trinajstić information content (AvgIpc) is 2.08. The van der Waals surface area contributed by atoms with Crippen LogP contribution in [0, 0.1) is 0 Å². The van der Waals surface area contributed by atoms with E-state index >= 15 is 0 Å². The molecule has 80 valence electrons. The molecular formula is C8H8Br2ClF2N. The summed E-state index contributed by atoms with van der Waals surface area (Å²) in [5.74, 6) is 0. The summed E-state index contributed by atoms with van der Waals surface area (Å²) in [4.78, 5) is 0. The van der Waals surface area contributed by atoms with Crippen LogP contribution in [-0.4, -0.2) is 6.43 Å². The fourth-order valence-electron chi connectivity index (χ4n) is 0.865. The van der Waals surface area contributed by atoms with Crippen LogP contribution < -0.4 is 5.73 Å². The maximum absolute atomic E-state index is 12.2. The highest BCUT2D eigenvalue weighted by Gasteiger charge is 2.17. The summed E-state index contributed by atoms with van der Waals surface area (Å²) >= 11 is 6.46. The Morgan fingerprint density at radius 3 is 2.14 bits per heavy atom. The van der Waals surface area contributed by atoms with Crippen molar-refractivity contribution in [2.24, 2.45) is 5.73 Å². The van der Waals surface area contributed by atoms with Crippen LogP contribution in [0.2, 0.25) is 0 Å². The van der Waals surface area contributed by atoms with Crippen LogP contribution in [0.5, 0.6) is 0 Å². The Bertz CT molecular complexity index is 309. The predicted molar refractivity (Wildman–Crippen MR) is 62.0 cm³/mol. The van der Waals surface area contributed by atoms with Crippen LogP contribution in [0.1, 0.15) is 11.6 Å². The van der Waals surface area contributed by atoms with Crippen molar-refractivity contribution in [1.29, 1.82) is 0 Å². The molecule has 0 aliphatic rings. The molecule has 0 radical (unpaired) electrons. The molecule has 0 unspecified atom stereocenters. The van der Waals surface area contributed by atoms with Crippen LogP contribution in [-0.2, 0) is 0 Å². The van der Waals surface area contributed by atoms with Gasteiger partial charge < -0.3 is 5.73 Å². The maximum Gasteiger partial charge on any atom is 0.257 e. The van der Waals surface area contributed by atoms with E-state index in [1.165, 1.54) is 0 Å². The molecule has 0 saturated heterocycles. The van der Waals surface area contributed by atoms with Crippen LogP contribution in [0.15, 0.2) is 27.1 Å². The Labute approximate surface area is 104 Å². The molecule has 1 nitrogen and oxygen atoms in total. The van der Waals surface area contributed by atoms with E-state index in [-0.39, 0.29) is 12.4 Å². The fraction of sp³-hybridized carbons (Fsp3) is 0.250. The first-order valence-corrected chi connectivity index (χ1v) is 5.09. The molecule has 1 aromatic carbocycles. The molecule has 0 aromatic heterocycles. The molecule has 0 amide bonds. The van der Waals surface area contributed by atoms with Crippen molar-refractivity contribution in [3.63, 3.8) is 0 Å². The average molecular weight is 351 g/mol. The van der Waals surface area contributed by atoms with Gasteiger partial charge in [-0.15, -0.1) is 12.4 Å². The summed E-state index contributed by atoms with van der Waals surface area (Å²) < 4.78 is 25.9. The van der Waals surface area contributed by atoms with E-state index < -0.39 is 12.5 Å². The first kappa shape index (κ1) is 14.3. The number of rotatable bonds is 2. The SMILES string of the molecule is Cl.N[C@@H](c1ccc(Br)c(Br)c1)C(F)F. The van der Waals surface area contributed by atoms with Crippen molar-refractivity contribution in [2.75, 3.05) is 0 Å². The zero-order chi connectivity index (χ0) is 10.0. The van der Waals surface area contributed by atoms with Gasteiger partial charge in [-0.25, -0.2) is 8.78 Å². The minimum absolute atomic E-state index is 0. The van der Waals surface area contributed by atoms with Crippen LogP contribution >= 0.6 is 44.3 Å². The Morgan fingerprint density at radius 1 is 1.14 bits per heavy atom. The zero-order valence-corrected chi connectivity index (χ0v) is 10.9. The zero-order valence-electron chi connectivity index (χ0n) is 6.88. The molecular weight excluding hydrogens is 343 g/mol. The minimum Gasteiger partial charge on any atom is -0.319 e. The van der Waals surface area contributed by atoms with Crippen LogP contribution in [0.25, 0.3) is 0 Å². The van der Waals surface area contributed by atoms with E-state index in [2.05, 4.69) is 31.9 Å². The molecule has 0 saturated carbocycles. The Morgan fingerprint density at radius 2 is 1.71 bits per heavy atom. The highest BCUT2D eigenvalue weighted by atomic mass is 79.9. The van der Waals surface area contributed by atoms with Gasteiger partial charge >= 0.3 is 0 Å². The molecule has 1 rings (SSSR count). The normalized spacial score (nSPS) is 12.4. The smallest absolute Gasteiger partial charge is 0.257 e.